The van der Waals surface area contributed by atoms with Crippen LogP contribution in [0.1, 0.15) is 32.3 Å². The van der Waals surface area contributed by atoms with Crippen molar-refractivity contribution in [3.63, 3.8) is 0 Å². The number of hydrogen-bond acceptors (Lipinski definition) is 5. The minimum Gasteiger partial charge on any atom is -0.469 e. The van der Waals surface area contributed by atoms with Gasteiger partial charge in [0.1, 0.15) is 6.42 Å². The van der Waals surface area contributed by atoms with Crippen molar-refractivity contribution in [2.24, 2.45) is 0 Å². The molecule has 1 aromatic carbocycles. The van der Waals surface area contributed by atoms with Crippen molar-refractivity contribution in [1.82, 2.24) is 5.32 Å². The first kappa shape index (κ1) is 17.7. The van der Waals surface area contributed by atoms with E-state index in [2.05, 4.69) is 10.1 Å². The molecule has 0 saturated heterocycles. The van der Waals surface area contributed by atoms with Crippen LogP contribution in [-0.4, -0.2) is 31.6 Å². The Morgan fingerprint density at radius 3 is 2.32 bits per heavy atom. The number of methoxy groups -OCH3 is 1. The maximum atomic E-state index is 12.0. The Morgan fingerprint density at radius 2 is 1.77 bits per heavy atom. The van der Waals surface area contributed by atoms with Crippen molar-refractivity contribution < 1.29 is 23.9 Å². The van der Waals surface area contributed by atoms with E-state index in [-0.39, 0.29) is 13.0 Å². The van der Waals surface area contributed by atoms with Gasteiger partial charge in [-0.1, -0.05) is 30.3 Å². The topological polar surface area (TPSA) is 81.7 Å². The average molecular weight is 307 g/mol. The number of amides is 1. The van der Waals surface area contributed by atoms with Crippen LogP contribution in [0.3, 0.4) is 0 Å². The number of nitrogens with one attached hydrogen (secondary N) is 1. The summed E-state index contributed by atoms with van der Waals surface area (Å²) < 4.78 is 9.43. The van der Waals surface area contributed by atoms with Gasteiger partial charge in [0.2, 0.25) is 5.91 Å². The molecule has 0 bridgehead atoms. The Hall–Kier alpha value is -2.37. The van der Waals surface area contributed by atoms with Gasteiger partial charge in [0, 0.05) is 0 Å². The summed E-state index contributed by atoms with van der Waals surface area (Å²) in [5, 5.41) is 2.72. The number of hydrogen-bond donors (Lipinski definition) is 1. The van der Waals surface area contributed by atoms with Crippen LogP contribution < -0.4 is 5.32 Å². The highest BCUT2D eigenvalue weighted by atomic mass is 16.5. The fourth-order valence-corrected chi connectivity index (χ4v) is 2.08. The molecule has 1 N–H and O–H groups in total. The van der Waals surface area contributed by atoms with Crippen LogP contribution in [-0.2, 0) is 29.4 Å². The lowest BCUT2D eigenvalue weighted by atomic mass is 9.88. The Kier molecular flexibility index (Phi) is 6.56. The number of carbonyl (C=O) groups is 3. The number of benzene rings is 1. The molecule has 6 nitrogen and oxygen atoms in total. The van der Waals surface area contributed by atoms with E-state index in [0.29, 0.717) is 0 Å². The van der Waals surface area contributed by atoms with Gasteiger partial charge in [-0.15, -0.1) is 0 Å². The number of carbonyl (C=O) groups excluding carboxylic acids is 3. The van der Waals surface area contributed by atoms with Crippen molar-refractivity contribution >= 4 is 17.8 Å². The smallest absolute Gasteiger partial charge is 0.315 e. The van der Waals surface area contributed by atoms with Gasteiger partial charge in [-0.3, -0.25) is 14.4 Å². The van der Waals surface area contributed by atoms with E-state index >= 15 is 0 Å². The van der Waals surface area contributed by atoms with Crippen molar-refractivity contribution in [3.05, 3.63) is 35.9 Å². The van der Waals surface area contributed by atoms with Crippen molar-refractivity contribution in [3.8, 4) is 0 Å². The molecule has 22 heavy (non-hydrogen) atoms. The highest BCUT2D eigenvalue weighted by Crippen LogP contribution is 2.25. The molecule has 120 valence electrons. The van der Waals surface area contributed by atoms with Crippen LogP contribution >= 0.6 is 0 Å². The SMILES string of the molecule is CCOC(=O)CC(C)(NC(=O)CC(=O)OC)c1ccccc1. The molecule has 0 aliphatic heterocycles. The van der Waals surface area contributed by atoms with E-state index in [1.165, 1.54) is 7.11 Å². The molecule has 0 aliphatic carbocycles. The fourth-order valence-electron chi connectivity index (χ4n) is 2.08. The van der Waals surface area contributed by atoms with Gasteiger partial charge >= 0.3 is 11.9 Å². The van der Waals surface area contributed by atoms with E-state index in [9.17, 15) is 14.4 Å². The zero-order valence-electron chi connectivity index (χ0n) is 13.0. The first-order valence-electron chi connectivity index (χ1n) is 7.00. The molecule has 0 fully saturated rings. The number of esters is 2. The highest BCUT2D eigenvalue weighted by Gasteiger charge is 2.32. The normalized spacial score (nSPS) is 12.9. The minimum absolute atomic E-state index is 0.0300. The second-order valence-corrected chi connectivity index (χ2v) is 4.98. The molecule has 1 rings (SSSR count). The number of rotatable bonds is 7. The first-order valence-corrected chi connectivity index (χ1v) is 7.00. The molecular formula is C16H21NO5. The van der Waals surface area contributed by atoms with E-state index in [1.54, 1.807) is 26.0 Å². The second-order valence-electron chi connectivity index (χ2n) is 4.98. The van der Waals surface area contributed by atoms with Gasteiger partial charge in [0.15, 0.2) is 0 Å². The van der Waals surface area contributed by atoms with Crippen molar-refractivity contribution in [2.75, 3.05) is 13.7 Å². The van der Waals surface area contributed by atoms with E-state index in [0.717, 1.165) is 5.56 Å². The zero-order chi connectivity index (χ0) is 16.6. The third-order valence-corrected chi connectivity index (χ3v) is 3.16. The Balaban J connectivity index is 2.94. The van der Waals surface area contributed by atoms with Crippen molar-refractivity contribution in [1.29, 1.82) is 0 Å². The third kappa shape index (κ3) is 5.20. The summed E-state index contributed by atoms with van der Waals surface area (Å²) in [6, 6.07) is 9.07. The maximum Gasteiger partial charge on any atom is 0.315 e. The maximum absolute atomic E-state index is 12.0. The average Bonchev–Trinajstić information content (AvgIpc) is 2.47. The zero-order valence-corrected chi connectivity index (χ0v) is 13.0. The molecular weight excluding hydrogens is 286 g/mol. The first-order chi connectivity index (χ1) is 10.4. The van der Waals surface area contributed by atoms with Crippen LogP contribution in [0.5, 0.6) is 0 Å². The molecule has 0 radical (unpaired) electrons. The summed E-state index contributed by atoms with van der Waals surface area (Å²) in [6.45, 7) is 3.70. The molecule has 1 atom stereocenters. The molecule has 0 saturated carbocycles. The van der Waals surface area contributed by atoms with Crippen molar-refractivity contribution in [2.45, 2.75) is 32.2 Å². The quantitative estimate of drug-likeness (QED) is 0.610. The van der Waals surface area contributed by atoms with Gasteiger partial charge in [-0.25, -0.2) is 0 Å². The standard InChI is InChI=1S/C16H21NO5/c1-4-22-15(20)11-16(2,12-8-6-5-7-9-12)17-13(18)10-14(19)21-3/h5-9H,4,10-11H2,1-3H3,(H,17,18). The molecule has 1 aromatic rings. The summed E-state index contributed by atoms with van der Waals surface area (Å²) in [7, 11) is 1.21. The molecule has 0 spiro atoms. The fraction of sp³-hybridized carbons (Fsp3) is 0.438. The predicted octanol–water partition coefficient (Wildman–Crippen LogP) is 1.53. The lowest BCUT2D eigenvalue weighted by Gasteiger charge is -2.30. The second kappa shape index (κ2) is 8.17. The molecule has 1 unspecified atom stereocenters. The van der Waals surface area contributed by atoms with Gasteiger partial charge in [-0.2, -0.15) is 0 Å². The summed E-state index contributed by atoms with van der Waals surface area (Å²) in [4.78, 5) is 35.0. The summed E-state index contributed by atoms with van der Waals surface area (Å²) in [6.07, 6.45) is -0.431. The molecule has 0 aliphatic rings. The molecule has 6 heteroatoms. The predicted molar refractivity (Wildman–Crippen MR) is 79.8 cm³/mol. The van der Waals surface area contributed by atoms with Crippen LogP contribution in [0.25, 0.3) is 0 Å². The lowest BCUT2D eigenvalue weighted by Crippen LogP contribution is -2.46. The monoisotopic (exact) mass is 307 g/mol. The molecule has 1 amide bonds. The van der Waals surface area contributed by atoms with Crippen LogP contribution in [0, 0.1) is 0 Å². The summed E-state index contributed by atoms with van der Waals surface area (Å²) in [5.41, 5.74) is -0.209. The van der Waals surface area contributed by atoms with Gasteiger partial charge < -0.3 is 14.8 Å². The number of ether oxygens (including phenoxy) is 2. The largest absolute Gasteiger partial charge is 0.469 e. The third-order valence-electron chi connectivity index (χ3n) is 3.16. The van der Waals surface area contributed by atoms with Crippen LogP contribution in [0.4, 0.5) is 0 Å². The summed E-state index contributed by atoms with van der Waals surface area (Å²) in [5.74, 6) is -1.57. The van der Waals surface area contributed by atoms with E-state index in [1.807, 2.05) is 18.2 Å². The van der Waals surface area contributed by atoms with Gasteiger partial charge in [-0.05, 0) is 19.4 Å². The highest BCUT2D eigenvalue weighted by molar-refractivity contribution is 5.94. The van der Waals surface area contributed by atoms with E-state index < -0.39 is 29.8 Å². The Labute approximate surface area is 129 Å². The van der Waals surface area contributed by atoms with Crippen LogP contribution in [0.2, 0.25) is 0 Å². The lowest BCUT2D eigenvalue weighted by molar-refractivity contribution is -0.145. The van der Waals surface area contributed by atoms with Gasteiger partial charge in [0.05, 0.1) is 25.7 Å². The van der Waals surface area contributed by atoms with Gasteiger partial charge in [0.25, 0.3) is 0 Å². The Morgan fingerprint density at radius 1 is 1.14 bits per heavy atom. The molecule has 0 aromatic heterocycles. The molecule has 0 heterocycles. The summed E-state index contributed by atoms with van der Waals surface area (Å²) >= 11 is 0. The minimum atomic E-state index is -0.960. The van der Waals surface area contributed by atoms with Crippen LogP contribution in [0.15, 0.2) is 30.3 Å². The van der Waals surface area contributed by atoms with E-state index in [4.69, 9.17) is 4.74 Å². The Bertz CT molecular complexity index is 529.